The number of hydrogen-bond acceptors (Lipinski definition) is 4. The van der Waals surface area contributed by atoms with E-state index < -0.39 is 6.17 Å². The second-order valence-corrected chi connectivity index (χ2v) is 4.57. The summed E-state index contributed by atoms with van der Waals surface area (Å²) < 4.78 is 6.47. The third-order valence-electron chi connectivity index (χ3n) is 2.90. The second kappa shape index (κ2) is 5.14. The Bertz CT molecular complexity index is 407. The van der Waals surface area contributed by atoms with Gasteiger partial charge in [-0.05, 0) is 37.5 Å². The van der Waals surface area contributed by atoms with Crippen LogP contribution in [-0.2, 0) is 0 Å². The topological polar surface area (TPSA) is 73.3 Å². The number of ether oxygens (including phenoxy) is 1. The molecule has 0 radical (unpaired) electrons. The lowest BCUT2D eigenvalue weighted by Gasteiger charge is -2.22. The number of methoxy groups -OCH3 is 1. The fourth-order valence-corrected chi connectivity index (χ4v) is 2.34. The normalized spacial score (nSPS) is 12.7. The Morgan fingerprint density at radius 3 is 2.19 bits per heavy atom. The monoisotopic (exact) mass is 287 g/mol. The van der Waals surface area contributed by atoms with Gasteiger partial charge in [0, 0.05) is 10.0 Å². The van der Waals surface area contributed by atoms with E-state index in [-0.39, 0.29) is 0 Å². The molecule has 0 spiro atoms. The lowest BCUT2D eigenvalue weighted by atomic mass is 9.97. The summed E-state index contributed by atoms with van der Waals surface area (Å²) in [5.74, 6) is 6.18. The number of hydrazine groups is 1. The summed E-state index contributed by atoms with van der Waals surface area (Å²) in [5, 5.41) is 0. The molecule has 0 aliphatic rings. The first-order valence-electron chi connectivity index (χ1n) is 5.00. The zero-order valence-electron chi connectivity index (χ0n) is 10.0. The predicted octanol–water partition coefficient (Wildman–Crippen LogP) is 1.80. The van der Waals surface area contributed by atoms with Crippen LogP contribution in [0, 0.1) is 20.8 Å². The standard InChI is InChI=1S/C11H18BrN3O/c1-5-6(2)10(16-4)8(11(13)15-14)7(3)9(5)12/h11,15H,13-14H2,1-4H3. The van der Waals surface area contributed by atoms with Crippen molar-refractivity contribution in [3.05, 3.63) is 26.7 Å². The molecule has 1 rings (SSSR count). The van der Waals surface area contributed by atoms with Crippen LogP contribution >= 0.6 is 15.9 Å². The Kier molecular flexibility index (Phi) is 4.32. The fourth-order valence-electron chi connectivity index (χ4n) is 1.83. The molecule has 1 unspecified atom stereocenters. The molecular weight excluding hydrogens is 270 g/mol. The van der Waals surface area contributed by atoms with Gasteiger partial charge in [0.1, 0.15) is 5.75 Å². The van der Waals surface area contributed by atoms with Crippen LogP contribution in [-0.4, -0.2) is 7.11 Å². The Morgan fingerprint density at radius 1 is 1.19 bits per heavy atom. The van der Waals surface area contributed by atoms with Crippen molar-refractivity contribution in [3.63, 3.8) is 0 Å². The van der Waals surface area contributed by atoms with Crippen LogP contribution in [0.4, 0.5) is 0 Å². The number of nitrogens with two attached hydrogens (primary N) is 2. The van der Waals surface area contributed by atoms with Gasteiger partial charge in [-0.2, -0.15) is 0 Å². The quantitative estimate of drug-likeness (QED) is 0.450. The van der Waals surface area contributed by atoms with Gasteiger partial charge in [0.05, 0.1) is 13.3 Å². The summed E-state index contributed by atoms with van der Waals surface area (Å²) in [6, 6.07) is 0. The lowest BCUT2D eigenvalue weighted by molar-refractivity contribution is 0.396. The van der Waals surface area contributed by atoms with Gasteiger partial charge in [-0.1, -0.05) is 15.9 Å². The zero-order chi connectivity index (χ0) is 12.5. The first-order valence-corrected chi connectivity index (χ1v) is 5.79. The molecule has 5 N–H and O–H groups in total. The highest BCUT2D eigenvalue weighted by atomic mass is 79.9. The minimum absolute atomic E-state index is 0.439. The van der Waals surface area contributed by atoms with E-state index >= 15 is 0 Å². The Hall–Kier alpha value is -0.620. The molecule has 16 heavy (non-hydrogen) atoms. The smallest absolute Gasteiger partial charge is 0.128 e. The van der Waals surface area contributed by atoms with Gasteiger partial charge in [-0.3, -0.25) is 5.84 Å². The molecule has 1 aromatic rings. The molecule has 0 aliphatic heterocycles. The van der Waals surface area contributed by atoms with Gasteiger partial charge in [0.15, 0.2) is 0 Å². The molecule has 4 nitrogen and oxygen atoms in total. The van der Waals surface area contributed by atoms with E-state index in [2.05, 4.69) is 21.4 Å². The fraction of sp³-hybridized carbons (Fsp3) is 0.455. The predicted molar refractivity (Wildman–Crippen MR) is 69.2 cm³/mol. The SMILES string of the molecule is COc1c(C)c(C)c(Br)c(C)c1C(N)NN. The van der Waals surface area contributed by atoms with Crippen LogP contribution in [0.15, 0.2) is 4.47 Å². The van der Waals surface area contributed by atoms with Crippen LogP contribution in [0.5, 0.6) is 5.75 Å². The van der Waals surface area contributed by atoms with Crippen molar-refractivity contribution in [3.8, 4) is 5.75 Å². The zero-order valence-corrected chi connectivity index (χ0v) is 11.6. The molecule has 1 aromatic carbocycles. The third-order valence-corrected chi connectivity index (χ3v) is 4.09. The lowest BCUT2D eigenvalue weighted by Crippen LogP contribution is -2.35. The van der Waals surface area contributed by atoms with E-state index in [1.165, 1.54) is 0 Å². The van der Waals surface area contributed by atoms with Crippen LogP contribution in [0.1, 0.15) is 28.4 Å². The average molecular weight is 288 g/mol. The summed E-state index contributed by atoms with van der Waals surface area (Å²) in [5.41, 5.74) is 12.6. The van der Waals surface area contributed by atoms with Crippen molar-refractivity contribution in [2.24, 2.45) is 11.6 Å². The van der Waals surface area contributed by atoms with E-state index in [0.29, 0.717) is 0 Å². The average Bonchev–Trinajstić information content (AvgIpc) is 2.29. The summed E-state index contributed by atoms with van der Waals surface area (Å²) in [7, 11) is 1.64. The van der Waals surface area contributed by atoms with Crippen LogP contribution < -0.4 is 21.7 Å². The van der Waals surface area contributed by atoms with Crippen molar-refractivity contribution in [2.45, 2.75) is 26.9 Å². The highest BCUT2D eigenvalue weighted by Crippen LogP contribution is 2.37. The molecule has 1 atom stereocenters. The minimum atomic E-state index is -0.439. The number of halogens is 1. The number of rotatable bonds is 3. The van der Waals surface area contributed by atoms with Gasteiger partial charge < -0.3 is 10.5 Å². The van der Waals surface area contributed by atoms with Crippen LogP contribution in [0.25, 0.3) is 0 Å². The molecule has 0 aromatic heterocycles. The van der Waals surface area contributed by atoms with Gasteiger partial charge in [-0.15, -0.1) is 0 Å². The Balaban J connectivity index is 3.57. The highest BCUT2D eigenvalue weighted by Gasteiger charge is 2.20. The molecule has 0 amide bonds. The first kappa shape index (κ1) is 13.4. The molecule has 90 valence electrons. The molecule has 0 bridgehead atoms. The first-order chi connectivity index (χ1) is 7.45. The van der Waals surface area contributed by atoms with Crippen molar-refractivity contribution in [1.82, 2.24) is 5.43 Å². The van der Waals surface area contributed by atoms with Crippen molar-refractivity contribution in [1.29, 1.82) is 0 Å². The number of hydrogen-bond donors (Lipinski definition) is 3. The highest BCUT2D eigenvalue weighted by molar-refractivity contribution is 9.10. The van der Waals surface area contributed by atoms with Crippen molar-refractivity contribution >= 4 is 15.9 Å². The summed E-state index contributed by atoms with van der Waals surface area (Å²) in [6.07, 6.45) is -0.439. The maximum atomic E-state index is 5.92. The van der Waals surface area contributed by atoms with Gasteiger partial charge >= 0.3 is 0 Å². The van der Waals surface area contributed by atoms with E-state index in [1.54, 1.807) is 7.11 Å². The summed E-state index contributed by atoms with van der Waals surface area (Å²) in [4.78, 5) is 0. The largest absolute Gasteiger partial charge is 0.496 e. The van der Waals surface area contributed by atoms with Crippen molar-refractivity contribution in [2.75, 3.05) is 7.11 Å². The van der Waals surface area contributed by atoms with E-state index in [0.717, 1.165) is 32.5 Å². The van der Waals surface area contributed by atoms with Crippen LogP contribution in [0.2, 0.25) is 0 Å². The maximum absolute atomic E-state index is 5.92. The molecule has 0 heterocycles. The molecule has 0 aliphatic carbocycles. The van der Waals surface area contributed by atoms with Crippen molar-refractivity contribution < 1.29 is 4.74 Å². The van der Waals surface area contributed by atoms with Gasteiger partial charge in [0.2, 0.25) is 0 Å². The number of nitrogens with one attached hydrogen (secondary N) is 1. The summed E-state index contributed by atoms with van der Waals surface area (Å²) in [6.45, 7) is 6.04. The summed E-state index contributed by atoms with van der Waals surface area (Å²) >= 11 is 3.56. The molecular formula is C11H18BrN3O. The van der Waals surface area contributed by atoms with Gasteiger partial charge in [-0.25, -0.2) is 5.43 Å². The minimum Gasteiger partial charge on any atom is -0.496 e. The van der Waals surface area contributed by atoms with E-state index in [4.69, 9.17) is 16.3 Å². The molecule has 0 saturated carbocycles. The molecule has 0 saturated heterocycles. The third kappa shape index (κ3) is 2.08. The Morgan fingerprint density at radius 2 is 1.75 bits per heavy atom. The van der Waals surface area contributed by atoms with E-state index in [9.17, 15) is 0 Å². The van der Waals surface area contributed by atoms with Crippen LogP contribution in [0.3, 0.4) is 0 Å². The molecule has 0 fully saturated rings. The second-order valence-electron chi connectivity index (χ2n) is 3.78. The number of benzene rings is 1. The van der Waals surface area contributed by atoms with E-state index in [1.807, 2.05) is 20.8 Å². The molecule has 5 heteroatoms. The van der Waals surface area contributed by atoms with Gasteiger partial charge in [0.25, 0.3) is 0 Å². The maximum Gasteiger partial charge on any atom is 0.128 e. The Labute approximate surface area is 104 Å².